The van der Waals surface area contributed by atoms with E-state index in [9.17, 15) is 14.7 Å². The third-order valence-electron chi connectivity index (χ3n) is 2.59. The number of amides is 1. The van der Waals surface area contributed by atoms with Crippen LogP contribution in [0, 0.1) is 0 Å². The number of phenols is 1. The van der Waals surface area contributed by atoms with Gasteiger partial charge in [0.2, 0.25) is 0 Å². The number of hydrogen-bond acceptors (Lipinski definition) is 4. The Bertz CT molecular complexity index is 458. The molecule has 18 heavy (non-hydrogen) atoms. The minimum atomic E-state index is -0.946. The van der Waals surface area contributed by atoms with Crippen molar-refractivity contribution in [3.8, 4) is 5.75 Å². The van der Waals surface area contributed by atoms with Gasteiger partial charge in [0.1, 0.15) is 12.4 Å². The topological polar surface area (TPSA) is 110 Å². The molecule has 6 heteroatoms. The van der Waals surface area contributed by atoms with Crippen LogP contribution in [0.3, 0.4) is 0 Å². The Morgan fingerprint density at radius 2 is 2.11 bits per heavy atom. The van der Waals surface area contributed by atoms with Gasteiger partial charge in [0.25, 0.3) is 0 Å². The number of rotatable bonds is 5. The molecule has 0 spiro atoms. The quantitative estimate of drug-likeness (QED) is 0.737. The van der Waals surface area contributed by atoms with E-state index < -0.39 is 18.0 Å². The Morgan fingerprint density at radius 3 is 2.56 bits per heavy atom. The first-order valence-electron chi connectivity index (χ1n) is 5.42. The van der Waals surface area contributed by atoms with Crippen LogP contribution < -0.4 is 5.73 Å². The van der Waals surface area contributed by atoms with Crippen LogP contribution in [0.25, 0.3) is 0 Å². The van der Waals surface area contributed by atoms with Gasteiger partial charge in [-0.1, -0.05) is 19.1 Å². The van der Waals surface area contributed by atoms with Crippen molar-refractivity contribution in [2.75, 3.05) is 0 Å². The number of carbonyl (C=O) groups is 2. The maximum Gasteiger partial charge on any atom is 0.404 e. The monoisotopic (exact) mass is 253 g/mol. The lowest BCUT2D eigenvalue weighted by molar-refractivity contribution is -0.138. The highest BCUT2D eigenvalue weighted by atomic mass is 16.5. The fourth-order valence-corrected chi connectivity index (χ4v) is 1.62. The molecular weight excluding hydrogens is 238 g/mol. The number of aliphatic carboxylic acids is 1. The molecule has 6 nitrogen and oxygen atoms in total. The van der Waals surface area contributed by atoms with E-state index in [1.54, 1.807) is 13.0 Å². The molecule has 0 fully saturated rings. The Morgan fingerprint density at radius 1 is 1.44 bits per heavy atom. The van der Waals surface area contributed by atoms with Crippen LogP contribution in [0.4, 0.5) is 4.79 Å². The van der Waals surface area contributed by atoms with Crippen LogP contribution in [0.1, 0.15) is 30.4 Å². The number of nitrogens with two attached hydrogens (primary N) is 1. The van der Waals surface area contributed by atoms with Gasteiger partial charge in [-0.25, -0.2) is 4.79 Å². The molecule has 1 aromatic rings. The molecule has 0 saturated heterocycles. The highest BCUT2D eigenvalue weighted by Gasteiger charge is 2.18. The molecule has 0 radical (unpaired) electrons. The smallest absolute Gasteiger partial charge is 0.404 e. The van der Waals surface area contributed by atoms with Gasteiger partial charge in [0, 0.05) is 5.56 Å². The van der Waals surface area contributed by atoms with Gasteiger partial charge in [0.15, 0.2) is 0 Å². The highest BCUT2D eigenvalue weighted by molar-refractivity contribution is 5.76. The predicted molar refractivity (Wildman–Crippen MR) is 63.1 cm³/mol. The molecule has 0 aliphatic rings. The number of benzene rings is 1. The summed E-state index contributed by atoms with van der Waals surface area (Å²) in [4.78, 5) is 21.4. The normalized spacial score (nSPS) is 11.8. The molecule has 1 rings (SSSR count). The van der Waals surface area contributed by atoms with Gasteiger partial charge in [0.05, 0.1) is 5.92 Å². The molecule has 1 aromatic carbocycles. The van der Waals surface area contributed by atoms with Crippen LogP contribution in [0.15, 0.2) is 18.2 Å². The van der Waals surface area contributed by atoms with E-state index in [2.05, 4.69) is 4.74 Å². The molecule has 98 valence electrons. The second-order valence-corrected chi connectivity index (χ2v) is 3.79. The third kappa shape index (κ3) is 3.38. The highest BCUT2D eigenvalue weighted by Crippen LogP contribution is 2.26. The summed E-state index contributed by atoms with van der Waals surface area (Å²) >= 11 is 0. The van der Waals surface area contributed by atoms with Gasteiger partial charge in [-0.3, -0.25) is 4.79 Å². The van der Waals surface area contributed by atoms with Crippen molar-refractivity contribution in [3.63, 3.8) is 0 Å². The van der Waals surface area contributed by atoms with Gasteiger partial charge < -0.3 is 20.7 Å². The summed E-state index contributed by atoms with van der Waals surface area (Å²) in [5, 5.41) is 18.7. The van der Waals surface area contributed by atoms with E-state index >= 15 is 0 Å². The van der Waals surface area contributed by atoms with Gasteiger partial charge in [-0.15, -0.1) is 0 Å². The summed E-state index contributed by atoms with van der Waals surface area (Å²) in [6.45, 7) is 1.60. The SMILES string of the molecule is CC[C@H](C(=O)O)c1ccc(COC(N)=O)c(O)c1. The number of hydrogen-bond donors (Lipinski definition) is 3. The standard InChI is InChI=1S/C12H15NO5/c1-2-9(11(15)16)7-3-4-8(10(14)5-7)6-18-12(13)17/h3-5,9,14H,2,6H2,1H3,(H2,13,17)(H,15,16)/t9-/m0/s1. The first kappa shape index (κ1) is 13.8. The van der Waals surface area contributed by atoms with Crippen molar-refractivity contribution in [1.29, 1.82) is 0 Å². The number of phenolic OH excluding ortho intramolecular Hbond substituents is 1. The molecule has 0 bridgehead atoms. The summed E-state index contributed by atoms with van der Waals surface area (Å²) in [5.41, 5.74) is 5.69. The zero-order chi connectivity index (χ0) is 13.7. The van der Waals surface area contributed by atoms with Crippen molar-refractivity contribution in [2.45, 2.75) is 25.9 Å². The van der Waals surface area contributed by atoms with E-state index in [0.717, 1.165) is 0 Å². The Kier molecular flexibility index (Phi) is 4.53. The fourth-order valence-electron chi connectivity index (χ4n) is 1.62. The second kappa shape index (κ2) is 5.90. The Balaban J connectivity index is 2.90. The number of primary amides is 1. The summed E-state index contributed by atoms with van der Waals surface area (Å²) in [7, 11) is 0. The Hall–Kier alpha value is -2.24. The van der Waals surface area contributed by atoms with E-state index in [-0.39, 0.29) is 12.4 Å². The van der Waals surface area contributed by atoms with E-state index in [1.807, 2.05) is 0 Å². The van der Waals surface area contributed by atoms with Crippen molar-refractivity contribution < 1.29 is 24.5 Å². The predicted octanol–water partition coefficient (Wildman–Crippen LogP) is 1.57. The molecule has 1 amide bonds. The first-order valence-corrected chi connectivity index (χ1v) is 5.42. The van der Waals surface area contributed by atoms with Gasteiger partial charge in [-0.05, 0) is 18.1 Å². The summed E-state index contributed by atoms with van der Waals surface area (Å²) < 4.78 is 4.55. The molecule has 0 heterocycles. The Labute approximate surface area is 104 Å². The van der Waals surface area contributed by atoms with Crippen LogP contribution in [0.5, 0.6) is 5.75 Å². The van der Waals surface area contributed by atoms with Crippen molar-refractivity contribution in [3.05, 3.63) is 29.3 Å². The lowest BCUT2D eigenvalue weighted by atomic mass is 9.95. The third-order valence-corrected chi connectivity index (χ3v) is 2.59. The molecule has 4 N–H and O–H groups in total. The molecule has 0 unspecified atom stereocenters. The number of carbonyl (C=O) groups excluding carboxylic acids is 1. The summed E-state index contributed by atoms with van der Waals surface area (Å²) in [5.74, 6) is -1.73. The average molecular weight is 253 g/mol. The van der Waals surface area contributed by atoms with Crippen molar-refractivity contribution in [2.24, 2.45) is 5.73 Å². The van der Waals surface area contributed by atoms with Crippen LogP contribution in [-0.2, 0) is 16.1 Å². The minimum Gasteiger partial charge on any atom is -0.508 e. The number of carboxylic acid groups (broad SMARTS) is 1. The van der Waals surface area contributed by atoms with Crippen LogP contribution in [-0.4, -0.2) is 22.3 Å². The first-order chi connectivity index (χ1) is 8.45. The second-order valence-electron chi connectivity index (χ2n) is 3.79. The molecule has 1 atom stereocenters. The fraction of sp³-hybridized carbons (Fsp3) is 0.333. The maximum atomic E-state index is 11.0. The zero-order valence-electron chi connectivity index (χ0n) is 9.92. The summed E-state index contributed by atoms with van der Waals surface area (Å²) in [6.07, 6.45) is -0.512. The van der Waals surface area contributed by atoms with Crippen LogP contribution >= 0.6 is 0 Å². The largest absolute Gasteiger partial charge is 0.508 e. The van der Waals surface area contributed by atoms with E-state index in [0.29, 0.717) is 17.5 Å². The molecule has 0 aliphatic carbocycles. The van der Waals surface area contributed by atoms with E-state index in [4.69, 9.17) is 10.8 Å². The maximum absolute atomic E-state index is 11.0. The number of carboxylic acids is 1. The molecule has 0 aromatic heterocycles. The zero-order valence-corrected chi connectivity index (χ0v) is 9.92. The van der Waals surface area contributed by atoms with Gasteiger partial charge >= 0.3 is 12.1 Å². The average Bonchev–Trinajstić information content (AvgIpc) is 2.28. The number of ether oxygens (including phenoxy) is 1. The van der Waals surface area contributed by atoms with Crippen molar-refractivity contribution in [1.82, 2.24) is 0 Å². The van der Waals surface area contributed by atoms with Gasteiger partial charge in [-0.2, -0.15) is 0 Å². The van der Waals surface area contributed by atoms with Crippen molar-refractivity contribution >= 4 is 12.1 Å². The lowest BCUT2D eigenvalue weighted by Crippen LogP contribution is -2.13. The molecule has 0 aliphatic heterocycles. The minimum absolute atomic E-state index is 0.117. The molecular formula is C12H15NO5. The molecule has 0 saturated carbocycles. The van der Waals surface area contributed by atoms with E-state index in [1.165, 1.54) is 12.1 Å². The lowest BCUT2D eigenvalue weighted by Gasteiger charge is -2.12. The number of aromatic hydroxyl groups is 1. The summed E-state index contributed by atoms with van der Waals surface area (Å²) in [6, 6.07) is 4.46. The van der Waals surface area contributed by atoms with Crippen LogP contribution in [0.2, 0.25) is 0 Å².